The van der Waals surface area contributed by atoms with E-state index in [1.165, 1.54) is 6.07 Å². The SMILES string of the molecule is COc1ccc(N=Nc2c(-c3ccccc3O)[nH][nH]c2=O)cc1. The Morgan fingerprint density at radius 3 is 2.43 bits per heavy atom. The summed E-state index contributed by atoms with van der Waals surface area (Å²) in [7, 11) is 1.58. The molecule has 0 aliphatic rings. The summed E-state index contributed by atoms with van der Waals surface area (Å²) in [5.74, 6) is 0.752. The second-order valence-electron chi connectivity index (χ2n) is 4.72. The van der Waals surface area contributed by atoms with Crippen LogP contribution in [0.15, 0.2) is 63.6 Å². The van der Waals surface area contributed by atoms with Crippen LogP contribution in [0.5, 0.6) is 11.5 Å². The molecule has 3 N–H and O–H groups in total. The van der Waals surface area contributed by atoms with Gasteiger partial charge >= 0.3 is 0 Å². The lowest BCUT2D eigenvalue weighted by atomic mass is 10.1. The normalized spacial score (nSPS) is 11.0. The van der Waals surface area contributed by atoms with Gasteiger partial charge in [0.05, 0.1) is 18.5 Å². The molecule has 0 radical (unpaired) electrons. The first-order valence-electron chi connectivity index (χ1n) is 6.84. The van der Waals surface area contributed by atoms with Crippen LogP contribution >= 0.6 is 0 Å². The highest BCUT2D eigenvalue weighted by Gasteiger charge is 2.14. The number of aromatic hydroxyl groups is 1. The molecule has 1 heterocycles. The van der Waals surface area contributed by atoms with Crippen molar-refractivity contribution >= 4 is 11.4 Å². The van der Waals surface area contributed by atoms with Gasteiger partial charge in [0, 0.05) is 5.56 Å². The van der Waals surface area contributed by atoms with Gasteiger partial charge in [-0.1, -0.05) is 12.1 Å². The second-order valence-corrected chi connectivity index (χ2v) is 4.72. The molecule has 7 nitrogen and oxygen atoms in total. The van der Waals surface area contributed by atoms with E-state index in [2.05, 4.69) is 20.4 Å². The summed E-state index contributed by atoms with van der Waals surface area (Å²) in [6, 6.07) is 13.6. The Hall–Kier alpha value is -3.35. The highest BCUT2D eigenvalue weighted by atomic mass is 16.5. The largest absolute Gasteiger partial charge is 0.507 e. The standard InChI is InChI=1S/C16H14N4O3/c1-23-11-8-6-10(7-9-11)17-19-15-14(18-20-16(15)22)12-4-2-3-5-13(12)21/h2-9,21H,1H3,(H2,18,20,22). The van der Waals surface area contributed by atoms with Gasteiger partial charge in [0.15, 0.2) is 5.69 Å². The Morgan fingerprint density at radius 2 is 1.74 bits per heavy atom. The average molecular weight is 310 g/mol. The first kappa shape index (κ1) is 14.6. The van der Waals surface area contributed by atoms with E-state index in [-0.39, 0.29) is 11.4 Å². The van der Waals surface area contributed by atoms with Crippen LogP contribution in [-0.2, 0) is 0 Å². The number of azo groups is 1. The number of hydrogen-bond donors (Lipinski definition) is 3. The van der Waals surface area contributed by atoms with Gasteiger partial charge in [-0.2, -0.15) is 5.11 Å². The fourth-order valence-electron chi connectivity index (χ4n) is 2.08. The zero-order valence-corrected chi connectivity index (χ0v) is 12.3. The molecule has 1 aromatic heterocycles. The van der Waals surface area contributed by atoms with Gasteiger partial charge in [0.2, 0.25) is 0 Å². The average Bonchev–Trinajstić information content (AvgIpc) is 2.94. The molecule has 0 saturated heterocycles. The summed E-state index contributed by atoms with van der Waals surface area (Å²) in [6.07, 6.45) is 0. The van der Waals surface area contributed by atoms with Crippen LogP contribution in [0.3, 0.4) is 0 Å². The number of nitrogens with zero attached hydrogens (tertiary/aromatic N) is 2. The summed E-state index contributed by atoms with van der Waals surface area (Å²) in [5, 5.41) is 23.1. The van der Waals surface area contributed by atoms with Crippen molar-refractivity contribution in [2.75, 3.05) is 7.11 Å². The summed E-state index contributed by atoms with van der Waals surface area (Å²) < 4.78 is 5.07. The number of para-hydroxylation sites is 1. The van der Waals surface area contributed by atoms with E-state index in [1.54, 1.807) is 49.6 Å². The topological polar surface area (TPSA) is 103 Å². The third kappa shape index (κ3) is 2.98. The van der Waals surface area contributed by atoms with Gasteiger partial charge in [0.1, 0.15) is 11.5 Å². The molecule has 0 bridgehead atoms. The number of nitrogens with one attached hydrogen (secondary N) is 2. The van der Waals surface area contributed by atoms with Gasteiger partial charge in [-0.3, -0.25) is 15.0 Å². The van der Waals surface area contributed by atoms with E-state index < -0.39 is 5.56 Å². The Kier molecular flexibility index (Phi) is 3.92. The lowest BCUT2D eigenvalue weighted by Gasteiger charge is -2.01. The summed E-state index contributed by atoms with van der Waals surface area (Å²) in [4.78, 5) is 11.9. The van der Waals surface area contributed by atoms with E-state index >= 15 is 0 Å². The molecule has 116 valence electrons. The predicted molar refractivity (Wildman–Crippen MR) is 85.7 cm³/mol. The quantitative estimate of drug-likeness (QED) is 0.642. The molecule has 0 aliphatic carbocycles. The second kappa shape index (κ2) is 6.18. The predicted octanol–water partition coefficient (Wildman–Crippen LogP) is 3.50. The third-order valence-corrected chi connectivity index (χ3v) is 3.26. The zero-order valence-electron chi connectivity index (χ0n) is 12.3. The number of rotatable bonds is 4. The minimum absolute atomic E-state index is 0.0450. The fraction of sp³-hybridized carbons (Fsp3) is 0.0625. The number of benzene rings is 2. The number of aromatic amines is 2. The van der Waals surface area contributed by atoms with Crippen LogP contribution in [0, 0.1) is 0 Å². The van der Waals surface area contributed by atoms with Gasteiger partial charge in [0.25, 0.3) is 5.56 Å². The van der Waals surface area contributed by atoms with Crippen LogP contribution in [0.2, 0.25) is 0 Å². The molecule has 0 unspecified atom stereocenters. The van der Waals surface area contributed by atoms with E-state index in [1.807, 2.05) is 0 Å². The van der Waals surface area contributed by atoms with Gasteiger partial charge in [-0.15, -0.1) is 5.11 Å². The van der Waals surface area contributed by atoms with Crippen LogP contribution in [0.25, 0.3) is 11.3 Å². The maximum Gasteiger partial charge on any atom is 0.292 e. The van der Waals surface area contributed by atoms with Crippen molar-refractivity contribution in [3.05, 3.63) is 58.9 Å². The number of phenols is 1. The molecule has 0 amide bonds. The lowest BCUT2D eigenvalue weighted by Crippen LogP contribution is -1.96. The van der Waals surface area contributed by atoms with Crippen LogP contribution in [0.4, 0.5) is 11.4 Å². The van der Waals surface area contributed by atoms with Crippen molar-refractivity contribution in [2.45, 2.75) is 0 Å². The fourth-order valence-corrected chi connectivity index (χ4v) is 2.08. The molecule has 0 spiro atoms. The smallest absolute Gasteiger partial charge is 0.292 e. The lowest BCUT2D eigenvalue weighted by molar-refractivity contribution is 0.415. The van der Waals surface area contributed by atoms with Gasteiger partial charge in [-0.25, -0.2) is 0 Å². The molecule has 2 aromatic carbocycles. The molecule has 23 heavy (non-hydrogen) atoms. The highest BCUT2D eigenvalue weighted by Crippen LogP contribution is 2.32. The summed E-state index contributed by atoms with van der Waals surface area (Å²) >= 11 is 0. The van der Waals surface area contributed by atoms with Crippen molar-refractivity contribution < 1.29 is 9.84 Å². The first-order valence-corrected chi connectivity index (χ1v) is 6.84. The monoisotopic (exact) mass is 310 g/mol. The number of aromatic nitrogens is 2. The molecule has 0 aliphatic heterocycles. The molecular formula is C16H14N4O3. The Bertz CT molecular complexity index is 894. The molecule has 7 heteroatoms. The van der Waals surface area contributed by atoms with E-state index in [9.17, 15) is 9.90 Å². The Labute approximate surface area is 131 Å². The molecule has 0 fully saturated rings. The number of phenolic OH excluding ortho intramolecular Hbond substituents is 1. The van der Waals surface area contributed by atoms with Crippen molar-refractivity contribution in [1.29, 1.82) is 0 Å². The number of methoxy groups -OCH3 is 1. The molecule has 3 rings (SSSR count). The van der Waals surface area contributed by atoms with Crippen LogP contribution in [-0.4, -0.2) is 22.4 Å². The van der Waals surface area contributed by atoms with Crippen molar-refractivity contribution in [3.8, 4) is 22.8 Å². The molecule has 0 atom stereocenters. The van der Waals surface area contributed by atoms with E-state index in [0.717, 1.165) is 0 Å². The van der Waals surface area contributed by atoms with E-state index in [0.29, 0.717) is 22.7 Å². The number of H-pyrrole nitrogens is 2. The summed E-state index contributed by atoms with van der Waals surface area (Å²) in [5.41, 5.74) is 1.11. The van der Waals surface area contributed by atoms with E-state index in [4.69, 9.17) is 4.74 Å². The maximum atomic E-state index is 11.9. The van der Waals surface area contributed by atoms with Crippen molar-refractivity contribution in [3.63, 3.8) is 0 Å². The maximum absolute atomic E-state index is 11.9. The molecule has 0 saturated carbocycles. The van der Waals surface area contributed by atoms with Crippen molar-refractivity contribution in [2.24, 2.45) is 10.2 Å². The van der Waals surface area contributed by atoms with Gasteiger partial charge in [-0.05, 0) is 36.4 Å². The first-order chi connectivity index (χ1) is 11.2. The number of ether oxygens (including phenoxy) is 1. The molecule has 3 aromatic rings. The Balaban J connectivity index is 1.97. The van der Waals surface area contributed by atoms with Gasteiger partial charge < -0.3 is 9.84 Å². The van der Waals surface area contributed by atoms with Crippen LogP contribution < -0.4 is 10.3 Å². The number of hydrogen-bond acceptors (Lipinski definition) is 5. The molecular weight excluding hydrogens is 296 g/mol. The Morgan fingerprint density at radius 1 is 1.00 bits per heavy atom. The highest BCUT2D eigenvalue weighted by molar-refractivity contribution is 5.75. The van der Waals surface area contributed by atoms with Crippen LogP contribution in [0.1, 0.15) is 0 Å². The zero-order chi connectivity index (χ0) is 16.2. The van der Waals surface area contributed by atoms with Crippen molar-refractivity contribution in [1.82, 2.24) is 10.2 Å². The minimum atomic E-state index is -0.416. The summed E-state index contributed by atoms with van der Waals surface area (Å²) in [6.45, 7) is 0. The third-order valence-electron chi connectivity index (χ3n) is 3.26. The minimum Gasteiger partial charge on any atom is -0.507 e.